The van der Waals surface area contributed by atoms with Crippen LogP contribution in [0.15, 0.2) is 0 Å². The van der Waals surface area contributed by atoms with Gasteiger partial charge in [-0.05, 0) is 30.6 Å². The van der Waals surface area contributed by atoms with Crippen LogP contribution in [-0.2, 0) is 9.47 Å². The molecular weight excluding hydrogens is 214 g/mol. The molecule has 98 valence electrons. The van der Waals surface area contributed by atoms with Crippen LogP contribution in [0.1, 0.15) is 40.0 Å². The van der Waals surface area contributed by atoms with Crippen LogP contribution >= 0.6 is 0 Å². The van der Waals surface area contributed by atoms with Crippen LogP contribution in [0.2, 0.25) is 0 Å². The number of hydrogen-bond acceptors (Lipinski definition) is 3. The van der Waals surface area contributed by atoms with E-state index in [-0.39, 0.29) is 12.0 Å². The van der Waals surface area contributed by atoms with Gasteiger partial charge in [0.2, 0.25) is 0 Å². The van der Waals surface area contributed by atoms with E-state index in [1.54, 1.807) is 7.11 Å². The Bertz CT molecular complexity index is 264. The minimum absolute atomic E-state index is 0.0606. The van der Waals surface area contributed by atoms with Gasteiger partial charge in [-0.15, -0.1) is 0 Å². The van der Waals surface area contributed by atoms with Crippen molar-refractivity contribution in [2.45, 2.75) is 46.1 Å². The van der Waals surface area contributed by atoms with E-state index in [1.807, 2.05) is 0 Å². The third-order valence-electron chi connectivity index (χ3n) is 3.80. The van der Waals surface area contributed by atoms with Crippen LogP contribution in [-0.4, -0.2) is 26.4 Å². The third-order valence-corrected chi connectivity index (χ3v) is 3.80. The number of rotatable bonds is 4. The number of hydrogen-bond donors (Lipinski definition) is 0. The molecule has 0 N–H and O–H groups in total. The lowest BCUT2D eigenvalue weighted by Gasteiger charge is -2.39. The molecule has 0 bridgehead atoms. The van der Waals surface area contributed by atoms with Gasteiger partial charge >= 0.3 is 0 Å². The Morgan fingerprint density at radius 1 is 1.24 bits per heavy atom. The van der Waals surface area contributed by atoms with Crippen LogP contribution in [0.5, 0.6) is 0 Å². The van der Waals surface area contributed by atoms with Gasteiger partial charge in [-0.3, -0.25) is 0 Å². The molecule has 3 unspecified atom stereocenters. The van der Waals surface area contributed by atoms with E-state index < -0.39 is 0 Å². The molecule has 0 aliphatic heterocycles. The lowest BCUT2D eigenvalue weighted by atomic mass is 9.69. The van der Waals surface area contributed by atoms with E-state index in [1.165, 1.54) is 0 Å². The highest BCUT2D eigenvalue weighted by Gasteiger charge is 2.36. The second-order valence-electron chi connectivity index (χ2n) is 6.01. The molecule has 0 aromatic heterocycles. The highest BCUT2D eigenvalue weighted by atomic mass is 16.5. The molecule has 3 nitrogen and oxygen atoms in total. The average Bonchev–Trinajstić information content (AvgIpc) is 2.28. The zero-order valence-corrected chi connectivity index (χ0v) is 11.5. The van der Waals surface area contributed by atoms with E-state index in [4.69, 9.17) is 14.7 Å². The van der Waals surface area contributed by atoms with Gasteiger partial charge in [-0.2, -0.15) is 5.26 Å². The molecule has 0 spiro atoms. The molecule has 0 amide bonds. The second kappa shape index (κ2) is 6.37. The van der Waals surface area contributed by atoms with E-state index >= 15 is 0 Å². The number of nitriles is 1. The van der Waals surface area contributed by atoms with Gasteiger partial charge in [0.1, 0.15) is 0 Å². The van der Waals surface area contributed by atoms with Crippen molar-refractivity contribution in [1.29, 1.82) is 5.26 Å². The van der Waals surface area contributed by atoms with E-state index in [0.29, 0.717) is 24.5 Å². The Morgan fingerprint density at radius 2 is 1.94 bits per heavy atom. The van der Waals surface area contributed by atoms with Gasteiger partial charge in [0.25, 0.3) is 0 Å². The van der Waals surface area contributed by atoms with Crippen molar-refractivity contribution in [2.75, 3.05) is 20.3 Å². The van der Waals surface area contributed by atoms with Crippen molar-refractivity contribution in [3.63, 3.8) is 0 Å². The summed E-state index contributed by atoms with van der Waals surface area (Å²) in [7, 11) is 1.67. The highest BCUT2D eigenvalue weighted by molar-refractivity contribution is 4.95. The van der Waals surface area contributed by atoms with Crippen molar-refractivity contribution < 1.29 is 9.47 Å². The van der Waals surface area contributed by atoms with Crippen LogP contribution < -0.4 is 0 Å². The van der Waals surface area contributed by atoms with E-state index in [9.17, 15) is 0 Å². The fourth-order valence-electron chi connectivity index (χ4n) is 2.53. The predicted molar refractivity (Wildman–Crippen MR) is 67.5 cm³/mol. The monoisotopic (exact) mass is 239 g/mol. The van der Waals surface area contributed by atoms with Gasteiger partial charge in [0.15, 0.2) is 0 Å². The topological polar surface area (TPSA) is 42.2 Å². The van der Waals surface area contributed by atoms with Crippen molar-refractivity contribution >= 4 is 0 Å². The summed E-state index contributed by atoms with van der Waals surface area (Å²) in [5.41, 5.74) is 0.309. The summed E-state index contributed by atoms with van der Waals surface area (Å²) in [5, 5.41) is 9.15. The molecule has 1 aliphatic rings. The molecule has 0 saturated heterocycles. The summed E-state index contributed by atoms with van der Waals surface area (Å²) in [6.45, 7) is 8.02. The van der Waals surface area contributed by atoms with Crippen molar-refractivity contribution in [2.24, 2.45) is 17.3 Å². The first kappa shape index (κ1) is 14.5. The van der Waals surface area contributed by atoms with Crippen LogP contribution in [0.3, 0.4) is 0 Å². The SMILES string of the molecule is COCCOC1CC(C(C)(C)C)CCC1C#N. The normalized spacial score (nSPS) is 29.9. The number of nitrogens with zero attached hydrogens (tertiary/aromatic N) is 1. The third kappa shape index (κ3) is 4.29. The molecule has 0 aromatic rings. The quantitative estimate of drug-likeness (QED) is 0.708. The van der Waals surface area contributed by atoms with Gasteiger partial charge in [0.05, 0.1) is 31.3 Å². The first-order valence-electron chi connectivity index (χ1n) is 6.49. The predicted octanol–water partition coefficient (Wildman–Crippen LogP) is 3.00. The van der Waals surface area contributed by atoms with Crippen molar-refractivity contribution in [3.05, 3.63) is 0 Å². The Balaban J connectivity index is 2.53. The Morgan fingerprint density at radius 3 is 2.47 bits per heavy atom. The minimum atomic E-state index is 0.0606. The fourth-order valence-corrected chi connectivity index (χ4v) is 2.53. The molecular formula is C14H25NO2. The summed E-state index contributed by atoms with van der Waals surface area (Å²) < 4.78 is 10.8. The first-order chi connectivity index (χ1) is 7.99. The van der Waals surface area contributed by atoms with Crippen LogP contribution in [0, 0.1) is 28.6 Å². The fraction of sp³-hybridized carbons (Fsp3) is 0.929. The molecule has 1 fully saturated rings. The lowest BCUT2D eigenvalue weighted by molar-refractivity contribution is -0.0435. The molecule has 0 radical (unpaired) electrons. The molecule has 1 aliphatic carbocycles. The zero-order valence-electron chi connectivity index (χ0n) is 11.5. The van der Waals surface area contributed by atoms with Gasteiger partial charge in [-0.25, -0.2) is 0 Å². The average molecular weight is 239 g/mol. The molecule has 1 saturated carbocycles. The largest absolute Gasteiger partial charge is 0.382 e. The maximum atomic E-state index is 9.15. The maximum absolute atomic E-state index is 9.15. The number of ether oxygens (including phenoxy) is 2. The minimum Gasteiger partial charge on any atom is -0.382 e. The molecule has 1 rings (SSSR count). The summed E-state index contributed by atoms with van der Waals surface area (Å²) in [4.78, 5) is 0. The molecule has 3 heteroatoms. The van der Waals surface area contributed by atoms with E-state index in [0.717, 1.165) is 19.3 Å². The highest BCUT2D eigenvalue weighted by Crippen LogP contribution is 2.40. The number of methoxy groups -OCH3 is 1. The summed E-state index contributed by atoms with van der Waals surface area (Å²) in [6.07, 6.45) is 3.21. The summed E-state index contributed by atoms with van der Waals surface area (Å²) in [6, 6.07) is 2.39. The van der Waals surface area contributed by atoms with E-state index in [2.05, 4.69) is 26.8 Å². The lowest BCUT2D eigenvalue weighted by Crippen LogP contribution is -2.36. The Hall–Kier alpha value is -0.590. The van der Waals surface area contributed by atoms with Gasteiger partial charge in [-0.1, -0.05) is 20.8 Å². The zero-order chi connectivity index (χ0) is 12.9. The summed E-state index contributed by atoms with van der Waals surface area (Å²) >= 11 is 0. The molecule has 0 heterocycles. The van der Waals surface area contributed by atoms with Crippen molar-refractivity contribution in [1.82, 2.24) is 0 Å². The van der Waals surface area contributed by atoms with Crippen molar-refractivity contribution in [3.8, 4) is 6.07 Å². The van der Waals surface area contributed by atoms with Gasteiger partial charge in [0, 0.05) is 7.11 Å². The second-order valence-corrected chi connectivity index (χ2v) is 6.01. The van der Waals surface area contributed by atoms with Crippen LogP contribution in [0.25, 0.3) is 0 Å². The maximum Gasteiger partial charge on any atom is 0.0737 e. The molecule has 17 heavy (non-hydrogen) atoms. The van der Waals surface area contributed by atoms with Gasteiger partial charge < -0.3 is 9.47 Å². The standard InChI is InChI=1S/C14H25NO2/c1-14(2,3)12-6-5-11(10-15)13(9-12)17-8-7-16-4/h11-13H,5-9H2,1-4H3. The first-order valence-corrected chi connectivity index (χ1v) is 6.49. The smallest absolute Gasteiger partial charge is 0.0737 e. The summed E-state index contributed by atoms with van der Waals surface area (Å²) in [5.74, 6) is 0.713. The Kier molecular flexibility index (Phi) is 5.42. The molecule has 3 atom stereocenters. The molecule has 0 aromatic carbocycles. The van der Waals surface area contributed by atoms with Crippen LogP contribution in [0.4, 0.5) is 0 Å². The Labute approximate surface area is 105 Å².